The first-order valence-corrected chi connectivity index (χ1v) is 6.80. The molecule has 4 N–H and O–H groups in total. The normalized spacial score (nSPS) is 12.1. The van der Waals surface area contributed by atoms with Crippen molar-refractivity contribution in [1.82, 2.24) is 10.6 Å². The third-order valence-corrected chi connectivity index (χ3v) is 3.04. The van der Waals surface area contributed by atoms with E-state index in [1.807, 2.05) is 32.9 Å². The van der Waals surface area contributed by atoms with Crippen molar-refractivity contribution < 1.29 is 9.59 Å². The Morgan fingerprint density at radius 1 is 1.10 bits per heavy atom. The molecule has 0 saturated carbocycles. The highest BCUT2D eigenvalue weighted by Gasteiger charge is 2.16. The van der Waals surface area contributed by atoms with Crippen molar-refractivity contribution in [3.8, 4) is 0 Å². The van der Waals surface area contributed by atoms with E-state index in [9.17, 15) is 9.59 Å². The van der Waals surface area contributed by atoms with Crippen molar-refractivity contribution in [2.45, 2.75) is 26.8 Å². The van der Waals surface area contributed by atoms with Crippen molar-refractivity contribution in [1.29, 1.82) is 0 Å². The van der Waals surface area contributed by atoms with Gasteiger partial charge in [-0.15, -0.1) is 0 Å². The molecule has 0 saturated heterocycles. The van der Waals surface area contributed by atoms with Gasteiger partial charge in [0, 0.05) is 18.7 Å². The number of hydrogen-bond acceptors (Lipinski definition) is 3. The maximum Gasteiger partial charge on any atom is 0.251 e. The Morgan fingerprint density at radius 2 is 1.65 bits per heavy atom. The van der Waals surface area contributed by atoms with Crippen LogP contribution in [0.5, 0.6) is 0 Å². The third kappa shape index (κ3) is 5.01. The van der Waals surface area contributed by atoms with Gasteiger partial charge in [-0.05, 0) is 25.0 Å². The van der Waals surface area contributed by atoms with Gasteiger partial charge >= 0.3 is 0 Å². The summed E-state index contributed by atoms with van der Waals surface area (Å²) in [6, 6.07) is 6.81. The van der Waals surface area contributed by atoms with Crippen molar-refractivity contribution in [2.75, 3.05) is 13.1 Å². The van der Waals surface area contributed by atoms with Crippen LogP contribution in [0, 0.1) is 12.8 Å². The molecule has 1 aromatic rings. The lowest BCUT2D eigenvalue weighted by Crippen LogP contribution is -2.46. The van der Waals surface area contributed by atoms with Crippen LogP contribution in [-0.2, 0) is 4.79 Å². The predicted octanol–water partition coefficient (Wildman–Crippen LogP) is 0.824. The molecular weight excluding hydrogens is 254 g/mol. The Kier molecular flexibility index (Phi) is 6.18. The van der Waals surface area contributed by atoms with Gasteiger partial charge in [0.2, 0.25) is 5.91 Å². The lowest BCUT2D eigenvalue weighted by Gasteiger charge is -2.15. The Hall–Kier alpha value is -1.88. The number of carbonyl (C=O) groups is 2. The van der Waals surface area contributed by atoms with Crippen LogP contribution in [0.2, 0.25) is 0 Å². The average molecular weight is 277 g/mol. The van der Waals surface area contributed by atoms with Crippen molar-refractivity contribution in [2.24, 2.45) is 11.7 Å². The van der Waals surface area contributed by atoms with E-state index in [0.717, 1.165) is 5.56 Å². The van der Waals surface area contributed by atoms with Crippen LogP contribution in [0.15, 0.2) is 24.3 Å². The minimum Gasteiger partial charge on any atom is -0.353 e. The predicted molar refractivity (Wildman–Crippen MR) is 79.3 cm³/mol. The van der Waals surface area contributed by atoms with Crippen LogP contribution in [0.1, 0.15) is 29.8 Å². The van der Waals surface area contributed by atoms with Crippen LogP contribution >= 0.6 is 0 Å². The van der Waals surface area contributed by atoms with E-state index in [4.69, 9.17) is 5.73 Å². The van der Waals surface area contributed by atoms with Gasteiger partial charge in [0.1, 0.15) is 0 Å². The molecule has 1 unspecified atom stereocenters. The first kappa shape index (κ1) is 16.2. The van der Waals surface area contributed by atoms with E-state index >= 15 is 0 Å². The molecule has 5 nitrogen and oxygen atoms in total. The fraction of sp³-hybridized carbons (Fsp3) is 0.467. The second-order valence-electron chi connectivity index (χ2n) is 5.18. The number of rotatable bonds is 6. The van der Waals surface area contributed by atoms with Crippen molar-refractivity contribution in [3.05, 3.63) is 35.4 Å². The maximum absolute atomic E-state index is 11.8. The largest absolute Gasteiger partial charge is 0.353 e. The first-order chi connectivity index (χ1) is 9.41. The molecule has 1 rings (SSSR count). The highest BCUT2D eigenvalue weighted by atomic mass is 16.2. The summed E-state index contributed by atoms with van der Waals surface area (Å²) in [4.78, 5) is 23.4. The molecule has 1 atom stereocenters. The molecule has 0 aliphatic carbocycles. The fourth-order valence-electron chi connectivity index (χ4n) is 1.59. The number of nitrogens with one attached hydrogen (secondary N) is 2. The van der Waals surface area contributed by atoms with Crippen LogP contribution in [0.25, 0.3) is 0 Å². The summed E-state index contributed by atoms with van der Waals surface area (Å²) < 4.78 is 0. The summed E-state index contributed by atoms with van der Waals surface area (Å²) in [7, 11) is 0. The Morgan fingerprint density at radius 3 is 2.20 bits per heavy atom. The third-order valence-electron chi connectivity index (χ3n) is 3.04. The van der Waals surface area contributed by atoms with Crippen LogP contribution in [-0.4, -0.2) is 30.9 Å². The Labute approximate surface area is 119 Å². The molecule has 5 heteroatoms. The Bertz CT molecular complexity index is 455. The molecule has 0 aliphatic heterocycles. The summed E-state index contributed by atoms with van der Waals surface area (Å²) in [6.45, 7) is 6.50. The van der Waals surface area contributed by atoms with Gasteiger partial charge < -0.3 is 16.4 Å². The first-order valence-electron chi connectivity index (χ1n) is 6.80. The summed E-state index contributed by atoms with van der Waals surface area (Å²) in [5.74, 6) is -0.242. The van der Waals surface area contributed by atoms with Crippen LogP contribution in [0.3, 0.4) is 0 Å². The van der Waals surface area contributed by atoms with E-state index in [2.05, 4.69) is 10.6 Å². The van der Waals surface area contributed by atoms with E-state index < -0.39 is 6.04 Å². The van der Waals surface area contributed by atoms with Gasteiger partial charge in [-0.1, -0.05) is 31.5 Å². The molecule has 0 radical (unpaired) electrons. The molecule has 0 spiro atoms. The monoisotopic (exact) mass is 277 g/mol. The standard InChI is InChI=1S/C15H23N3O2/c1-10(2)13(16)15(20)18-9-8-17-14(19)12-6-4-11(3)5-7-12/h4-7,10,13H,8-9,16H2,1-3H3,(H,17,19)(H,18,20). The molecule has 110 valence electrons. The second-order valence-corrected chi connectivity index (χ2v) is 5.18. The molecule has 20 heavy (non-hydrogen) atoms. The smallest absolute Gasteiger partial charge is 0.251 e. The second kappa shape index (κ2) is 7.65. The number of hydrogen-bond donors (Lipinski definition) is 3. The summed E-state index contributed by atoms with van der Waals surface area (Å²) in [5, 5.41) is 5.45. The number of benzene rings is 1. The zero-order valence-electron chi connectivity index (χ0n) is 12.3. The SMILES string of the molecule is Cc1ccc(C(=O)NCCNC(=O)C(N)C(C)C)cc1. The number of nitrogens with two attached hydrogens (primary N) is 1. The molecule has 0 heterocycles. The minimum atomic E-state index is -0.511. The molecule has 2 amide bonds. The lowest BCUT2D eigenvalue weighted by molar-refractivity contribution is -0.123. The quantitative estimate of drug-likeness (QED) is 0.673. The number of amides is 2. The fourth-order valence-corrected chi connectivity index (χ4v) is 1.59. The molecule has 0 aromatic heterocycles. The van der Waals surface area contributed by atoms with Gasteiger partial charge in [0.25, 0.3) is 5.91 Å². The maximum atomic E-state index is 11.8. The molecule has 0 fully saturated rings. The lowest BCUT2D eigenvalue weighted by atomic mass is 10.1. The molecular formula is C15H23N3O2. The van der Waals surface area contributed by atoms with Crippen molar-refractivity contribution >= 4 is 11.8 Å². The summed E-state index contributed by atoms with van der Waals surface area (Å²) in [5.41, 5.74) is 7.43. The van der Waals surface area contributed by atoms with Crippen LogP contribution < -0.4 is 16.4 Å². The van der Waals surface area contributed by atoms with E-state index in [1.54, 1.807) is 12.1 Å². The molecule has 0 aliphatic rings. The average Bonchev–Trinajstić information content (AvgIpc) is 2.42. The molecule has 0 bridgehead atoms. The summed E-state index contributed by atoms with van der Waals surface area (Å²) in [6.07, 6.45) is 0. The summed E-state index contributed by atoms with van der Waals surface area (Å²) >= 11 is 0. The number of aryl methyl sites for hydroxylation is 1. The topological polar surface area (TPSA) is 84.2 Å². The highest BCUT2D eigenvalue weighted by molar-refractivity contribution is 5.94. The zero-order chi connectivity index (χ0) is 15.1. The zero-order valence-corrected chi connectivity index (χ0v) is 12.3. The van der Waals surface area contributed by atoms with Gasteiger partial charge in [0.05, 0.1) is 6.04 Å². The van der Waals surface area contributed by atoms with Gasteiger partial charge in [-0.3, -0.25) is 9.59 Å². The molecule has 1 aromatic carbocycles. The minimum absolute atomic E-state index is 0.0946. The van der Waals surface area contributed by atoms with Gasteiger partial charge in [-0.2, -0.15) is 0 Å². The highest BCUT2D eigenvalue weighted by Crippen LogP contribution is 2.02. The van der Waals surface area contributed by atoms with E-state index in [0.29, 0.717) is 18.7 Å². The van der Waals surface area contributed by atoms with Crippen molar-refractivity contribution in [3.63, 3.8) is 0 Å². The number of carbonyl (C=O) groups excluding carboxylic acids is 2. The Balaban J connectivity index is 2.29. The van der Waals surface area contributed by atoms with Gasteiger partial charge in [0.15, 0.2) is 0 Å². The van der Waals surface area contributed by atoms with Crippen LogP contribution in [0.4, 0.5) is 0 Å². The van der Waals surface area contributed by atoms with E-state index in [-0.39, 0.29) is 17.7 Å². The van der Waals surface area contributed by atoms with E-state index in [1.165, 1.54) is 0 Å². The van der Waals surface area contributed by atoms with Gasteiger partial charge in [-0.25, -0.2) is 0 Å².